The van der Waals surface area contributed by atoms with Gasteiger partial charge in [0.15, 0.2) is 0 Å². The van der Waals surface area contributed by atoms with E-state index in [4.69, 9.17) is 14.0 Å². The van der Waals surface area contributed by atoms with Crippen molar-refractivity contribution in [1.82, 2.24) is 15.1 Å². The number of carbonyl (C=O) groups excluding carboxylic acids is 1. The van der Waals surface area contributed by atoms with Gasteiger partial charge in [-0.3, -0.25) is 9.59 Å². The van der Waals surface area contributed by atoms with Crippen molar-refractivity contribution in [3.05, 3.63) is 64.3 Å². The lowest BCUT2D eigenvalue weighted by Gasteiger charge is -2.11. The summed E-state index contributed by atoms with van der Waals surface area (Å²) < 4.78 is 15.7. The third-order valence-electron chi connectivity index (χ3n) is 4.96. The van der Waals surface area contributed by atoms with Crippen LogP contribution in [0.3, 0.4) is 0 Å². The van der Waals surface area contributed by atoms with E-state index < -0.39 is 0 Å². The van der Waals surface area contributed by atoms with Crippen LogP contribution in [-0.2, 0) is 11.2 Å². The summed E-state index contributed by atoms with van der Waals surface area (Å²) in [5.41, 5.74) is 2.33. The van der Waals surface area contributed by atoms with Gasteiger partial charge in [0.1, 0.15) is 11.5 Å². The summed E-state index contributed by atoms with van der Waals surface area (Å²) in [6.45, 7) is 1.96. The molecule has 1 amide bonds. The van der Waals surface area contributed by atoms with E-state index >= 15 is 0 Å². The third kappa shape index (κ3) is 4.46. The Morgan fingerprint density at radius 3 is 2.75 bits per heavy atom. The van der Waals surface area contributed by atoms with E-state index in [2.05, 4.69) is 20.4 Å². The first-order valence-electron chi connectivity index (χ1n) is 9.95. The highest BCUT2D eigenvalue weighted by atomic mass is 16.5. The molecule has 9 heteroatoms. The van der Waals surface area contributed by atoms with Crippen molar-refractivity contribution in [2.45, 2.75) is 19.8 Å². The molecule has 32 heavy (non-hydrogen) atoms. The molecule has 0 bridgehead atoms. The summed E-state index contributed by atoms with van der Waals surface area (Å²) in [7, 11) is 3.07. The molecule has 0 fully saturated rings. The number of benzene rings is 2. The average Bonchev–Trinajstić information content (AvgIpc) is 3.26. The molecule has 0 atom stereocenters. The normalized spacial score (nSPS) is 10.8. The summed E-state index contributed by atoms with van der Waals surface area (Å²) in [5.74, 6) is 1.31. The minimum Gasteiger partial charge on any atom is -0.497 e. The largest absolute Gasteiger partial charge is 0.497 e. The molecule has 0 unspecified atom stereocenters. The average molecular weight is 434 g/mol. The number of aromatic nitrogens is 3. The van der Waals surface area contributed by atoms with Gasteiger partial charge in [-0.1, -0.05) is 17.3 Å². The molecule has 0 aliphatic rings. The molecule has 2 aromatic heterocycles. The number of carbonyl (C=O) groups is 1. The van der Waals surface area contributed by atoms with Gasteiger partial charge in [0.05, 0.1) is 25.5 Å². The number of nitrogens with zero attached hydrogens (tertiary/aromatic N) is 2. The van der Waals surface area contributed by atoms with E-state index in [9.17, 15) is 9.59 Å². The fourth-order valence-electron chi connectivity index (χ4n) is 3.28. The number of anilines is 1. The Labute approximate surface area is 183 Å². The monoisotopic (exact) mass is 434 g/mol. The lowest BCUT2D eigenvalue weighted by Crippen LogP contribution is -2.13. The molecule has 2 heterocycles. The first kappa shape index (κ1) is 21.1. The van der Waals surface area contributed by atoms with E-state index in [1.807, 2.05) is 25.1 Å². The second kappa shape index (κ2) is 8.93. The fraction of sp³-hybridized carbons (Fsp3) is 0.217. The number of hydrogen-bond acceptors (Lipinski definition) is 7. The number of ether oxygens (including phenoxy) is 2. The molecule has 0 saturated carbocycles. The smallest absolute Gasteiger partial charge is 0.259 e. The number of H-pyrrole nitrogens is 1. The SMILES string of the molecule is COc1ccc(NC(=O)CCc2nc(-c3cc4ccc(C)cc4[nH]c3=O)no2)c(OC)c1. The van der Waals surface area contributed by atoms with Crippen molar-refractivity contribution in [2.75, 3.05) is 19.5 Å². The van der Waals surface area contributed by atoms with Gasteiger partial charge in [0, 0.05) is 24.4 Å². The molecule has 4 rings (SSSR count). The minimum atomic E-state index is -0.306. The lowest BCUT2D eigenvalue weighted by atomic mass is 10.1. The van der Waals surface area contributed by atoms with E-state index in [-0.39, 0.29) is 36.0 Å². The second-order valence-corrected chi connectivity index (χ2v) is 7.23. The standard InChI is InChI=1S/C23H22N4O5/c1-13-4-5-14-11-16(23(29)25-18(14)10-13)22-26-21(32-27-22)9-8-20(28)24-17-7-6-15(30-2)12-19(17)31-3/h4-7,10-12H,8-9H2,1-3H3,(H,24,28)(H,25,29). The summed E-state index contributed by atoms with van der Waals surface area (Å²) in [5, 5.41) is 7.56. The summed E-state index contributed by atoms with van der Waals surface area (Å²) >= 11 is 0. The molecule has 0 radical (unpaired) electrons. The van der Waals surface area contributed by atoms with Crippen LogP contribution in [0, 0.1) is 6.92 Å². The summed E-state index contributed by atoms with van der Waals surface area (Å²) in [6, 6.07) is 12.6. The molecule has 9 nitrogen and oxygen atoms in total. The van der Waals surface area contributed by atoms with E-state index in [1.54, 1.807) is 31.4 Å². The summed E-state index contributed by atoms with van der Waals surface area (Å²) in [6.07, 6.45) is 0.339. The van der Waals surface area contributed by atoms with Crippen molar-refractivity contribution < 1.29 is 18.8 Å². The fourth-order valence-corrected chi connectivity index (χ4v) is 3.28. The Bertz CT molecular complexity index is 1340. The molecule has 0 aliphatic heterocycles. The van der Waals surface area contributed by atoms with Gasteiger partial charge in [-0.05, 0) is 42.1 Å². The van der Waals surface area contributed by atoms with Crippen molar-refractivity contribution in [1.29, 1.82) is 0 Å². The maximum absolute atomic E-state index is 12.5. The molecule has 4 aromatic rings. The topological polar surface area (TPSA) is 119 Å². The van der Waals surface area contributed by atoms with Crippen molar-refractivity contribution in [3.8, 4) is 22.9 Å². The molecule has 164 valence electrons. The Morgan fingerprint density at radius 1 is 1.12 bits per heavy atom. The number of amides is 1. The van der Waals surface area contributed by atoms with E-state index in [0.29, 0.717) is 22.7 Å². The van der Waals surface area contributed by atoms with Gasteiger partial charge in [-0.2, -0.15) is 4.98 Å². The maximum Gasteiger partial charge on any atom is 0.259 e. The first-order chi connectivity index (χ1) is 15.5. The minimum absolute atomic E-state index is 0.115. The molecule has 2 aromatic carbocycles. The van der Waals surface area contributed by atoms with Gasteiger partial charge in [0.25, 0.3) is 5.56 Å². The van der Waals surface area contributed by atoms with Crippen LogP contribution in [0.15, 0.2) is 51.8 Å². The maximum atomic E-state index is 12.5. The van der Waals surface area contributed by atoms with Crippen LogP contribution in [0.1, 0.15) is 17.9 Å². The molecular weight excluding hydrogens is 412 g/mol. The highest BCUT2D eigenvalue weighted by Crippen LogP contribution is 2.29. The molecule has 2 N–H and O–H groups in total. The van der Waals surface area contributed by atoms with Gasteiger partial charge >= 0.3 is 0 Å². The Hall–Kier alpha value is -4.14. The molecule has 0 aliphatic carbocycles. The number of rotatable bonds is 7. The zero-order chi connectivity index (χ0) is 22.7. The van der Waals surface area contributed by atoms with Crippen LogP contribution < -0.4 is 20.3 Å². The van der Waals surface area contributed by atoms with E-state index in [1.165, 1.54) is 7.11 Å². The number of nitrogens with one attached hydrogen (secondary N) is 2. The summed E-state index contributed by atoms with van der Waals surface area (Å²) in [4.78, 5) is 32.0. The number of fused-ring (bicyclic) bond motifs is 1. The van der Waals surface area contributed by atoms with Crippen molar-refractivity contribution in [2.24, 2.45) is 0 Å². The van der Waals surface area contributed by atoms with Gasteiger partial charge in [-0.25, -0.2) is 0 Å². The Balaban J connectivity index is 1.44. The Morgan fingerprint density at radius 2 is 1.97 bits per heavy atom. The number of aryl methyl sites for hydroxylation is 2. The van der Waals surface area contributed by atoms with Crippen LogP contribution >= 0.6 is 0 Å². The molecular formula is C23H22N4O5. The van der Waals surface area contributed by atoms with E-state index in [0.717, 1.165) is 16.5 Å². The third-order valence-corrected chi connectivity index (χ3v) is 4.96. The zero-order valence-electron chi connectivity index (χ0n) is 17.9. The highest BCUT2D eigenvalue weighted by Gasteiger charge is 2.15. The predicted molar refractivity (Wildman–Crippen MR) is 119 cm³/mol. The van der Waals surface area contributed by atoms with Crippen LogP contribution in [0.25, 0.3) is 22.3 Å². The first-order valence-corrected chi connectivity index (χ1v) is 9.95. The Kier molecular flexibility index (Phi) is 5.89. The highest BCUT2D eigenvalue weighted by molar-refractivity contribution is 5.92. The second-order valence-electron chi connectivity index (χ2n) is 7.23. The zero-order valence-corrected chi connectivity index (χ0v) is 17.9. The van der Waals surface area contributed by atoms with Gasteiger partial charge < -0.3 is 24.3 Å². The lowest BCUT2D eigenvalue weighted by molar-refractivity contribution is -0.116. The number of methoxy groups -OCH3 is 2. The van der Waals surface area contributed by atoms with Crippen molar-refractivity contribution in [3.63, 3.8) is 0 Å². The molecule has 0 spiro atoms. The van der Waals surface area contributed by atoms with Crippen LogP contribution in [0.5, 0.6) is 11.5 Å². The molecule has 0 saturated heterocycles. The van der Waals surface area contributed by atoms with Crippen LogP contribution in [0.2, 0.25) is 0 Å². The van der Waals surface area contributed by atoms with Crippen molar-refractivity contribution >= 4 is 22.5 Å². The van der Waals surface area contributed by atoms with Gasteiger partial charge in [0.2, 0.25) is 17.6 Å². The van der Waals surface area contributed by atoms with Crippen LogP contribution in [0.4, 0.5) is 5.69 Å². The predicted octanol–water partition coefficient (Wildman–Crippen LogP) is 3.48. The number of aromatic amines is 1. The number of pyridine rings is 1. The quantitative estimate of drug-likeness (QED) is 0.457. The number of hydrogen-bond donors (Lipinski definition) is 2. The van der Waals surface area contributed by atoms with Gasteiger partial charge in [-0.15, -0.1) is 0 Å². The van der Waals surface area contributed by atoms with Crippen LogP contribution in [-0.4, -0.2) is 35.3 Å².